The predicted molar refractivity (Wildman–Crippen MR) is 141 cm³/mol. The van der Waals surface area contributed by atoms with E-state index in [2.05, 4.69) is 13.5 Å². The van der Waals surface area contributed by atoms with Crippen LogP contribution in [0.2, 0.25) is 0 Å². The van der Waals surface area contributed by atoms with E-state index in [1.54, 1.807) is 0 Å². The molecule has 36 heavy (non-hydrogen) atoms. The zero-order valence-corrected chi connectivity index (χ0v) is 24.0. The molecule has 0 bridgehead atoms. The Kier molecular flexibility index (Phi) is 20.0. The van der Waals surface area contributed by atoms with Crippen LogP contribution < -0.4 is 0 Å². The van der Waals surface area contributed by atoms with E-state index >= 15 is 0 Å². The van der Waals surface area contributed by atoms with Crippen LogP contribution in [0, 0.1) is 0 Å². The zero-order valence-electron chi connectivity index (χ0n) is 23.1. The second-order valence-corrected chi connectivity index (χ2v) is 11.6. The molecule has 0 saturated carbocycles. The van der Waals surface area contributed by atoms with Crippen molar-refractivity contribution in [3.05, 3.63) is 12.7 Å². The lowest BCUT2D eigenvalue weighted by Crippen LogP contribution is -2.37. The maximum atomic E-state index is 12.3. The first kappa shape index (κ1) is 34.8. The number of phosphoric acid groups is 1. The number of quaternary nitrogens is 1. The van der Waals surface area contributed by atoms with Gasteiger partial charge < -0.3 is 18.9 Å². The highest BCUT2D eigenvalue weighted by Gasteiger charge is 2.27. The van der Waals surface area contributed by atoms with E-state index in [0.29, 0.717) is 17.4 Å². The number of allylic oxidation sites excluding steroid dienone is 1. The average Bonchev–Trinajstić information content (AvgIpc) is 2.79. The molecule has 0 aromatic heterocycles. The molecular formula is C26H51NO8P+. The third kappa shape index (κ3) is 23.2. The summed E-state index contributed by atoms with van der Waals surface area (Å²) in [5, 5.41) is 0. The van der Waals surface area contributed by atoms with Crippen LogP contribution in [0.25, 0.3) is 0 Å². The van der Waals surface area contributed by atoms with E-state index in [1.165, 1.54) is 0 Å². The fourth-order valence-electron chi connectivity index (χ4n) is 3.22. The van der Waals surface area contributed by atoms with E-state index in [9.17, 15) is 19.0 Å². The lowest BCUT2D eigenvalue weighted by atomic mass is 10.1. The SMILES string of the molecule is C=CCCCCCCCC(=O)OC[C@H](COP(=O)(O)OCC[N+](C)(C)C)OC(=O)CCCCCCC. The van der Waals surface area contributed by atoms with Crippen molar-refractivity contribution >= 4 is 19.8 Å². The van der Waals surface area contributed by atoms with Gasteiger partial charge in [0.05, 0.1) is 27.7 Å². The smallest absolute Gasteiger partial charge is 0.462 e. The van der Waals surface area contributed by atoms with Crippen molar-refractivity contribution < 1.29 is 42.1 Å². The summed E-state index contributed by atoms with van der Waals surface area (Å²) in [6.45, 7) is 5.72. The maximum absolute atomic E-state index is 12.3. The first-order valence-corrected chi connectivity index (χ1v) is 14.9. The number of likely N-dealkylation sites (N-methyl/N-ethyl adjacent to an activating group) is 1. The molecule has 0 saturated heterocycles. The number of hydrogen-bond acceptors (Lipinski definition) is 7. The monoisotopic (exact) mass is 536 g/mol. The molecule has 212 valence electrons. The van der Waals surface area contributed by atoms with Crippen LogP contribution in [0.5, 0.6) is 0 Å². The van der Waals surface area contributed by atoms with Gasteiger partial charge in [-0.05, 0) is 25.7 Å². The molecule has 0 aliphatic heterocycles. The normalized spacial score (nSPS) is 14.1. The summed E-state index contributed by atoms with van der Waals surface area (Å²) in [7, 11) is 1.46. The van der Waals surface area contributed by atoms with Crippen LogP contribution >= 0.6 is 7.82 Å². The second-order valence-electron chi connectivity index (χ2n) is 10.2. The second kappa shape index (κ2) is 20.8. The van der Waals surface area contributed by atoms with Gasteiger partial charge in [-0.1, -0.05) is 57.9 Å². The maximum Gasteiger partial charge on any atom is 0.472 e. The van der Waals surface area contributed by atoms with E-state index in [1.807, 2.05) is 27.2 Å². The van der Waals surface area contributed by atoms with Crippen LogP contribution in [0.3, 0.4) is 0 Å². The van der Waals surface area contributed by atoms with Crippen molar-refractivity contribution in [1.82, 2.24) is 0 Å². The molecule has 9 nitrogen and oxygen atoms in total. The van der Waals surface area contributed by atoms with Gasteiger partial charge in [0, 0.05) is 12.8 Å². The van der Waals surface area contributed by atoms with Gasteiger partial charge in [0.1, 0.15) is 19.8 Å². The van der Waals surface area contributed by atoms with Gasteiger partial charge >= 0.3 is 19.8 Å². The zero-order chi connectivity index (χ0) is 27.3. The Labute approximate surface area is 218 Å². The summed E-state index contributed by atoms with van der Waals surface area (Å²) in [4.78, 5) is 34.4. The summed E-state index contributed by atoms with van der Waals surface area (Å²) in [5.41, 5.74) is 0. The van der Waals surface area contributed by atoms with E-state index in [-0.39, 0.29) is 26.1 Å². The van der Waals surface area contributed by atoms with Crippen LogP contribution in [0.15, 0.2) is 12.7 Å². The number of ether oxygens (including phenoxy) is 2. The minimum absolute atomic E-state index is 0.0298. The highest BCUT2D eigenvalue weighted by Crippen LogP contribution is 2.43. The van der Waals surface area contributed by atoms with Crippen LogP contribution in [-0.2, 0) is 32.7 Å². The molecule has 1 N–H and O–H groups in total. The summed E-state index contributed by atoms with van der Waals surface area (Å²) in [5.74, 6) is -0.845. The molecule has 0 aromatic rings. The van der Waals surface area contributed by atoms with Crippen molar-refractivity contribution in [3.63, 3.8) is 0 Å². The third-order valence-electron chi connectivity index (χ3n) is 5.44. The number of unbranched alkanes of at least 4 members (excludes halogenated alkanes) is 9. The van der Waals surface area contributed by atoms with Gasteiger partial charge in [0.25, 0.3) is 0 Å². The van der Waals surface area contributed by atoms with Crippen LogP contribution in [-0.4, -0.2) is 74.9 Å². The van der Waals surface area contributed by atoms with Crippen LogP contribution in [0.4, 0.5) is 0 Å². The molecule has 2 atom stereocenters. The minimum Gasteiger partial charge on any atom is -0.462 e. The highest BCUT2D eigenvalue weighted by atomic mass is 31.2. The molecule has 10 heteroatoms. The van der Waals surface area contributed by atoms with E-state index in [0.717, 1.165) is 64.2 Å². The molecule has 0 heterocycles. The Morgan fingerprint density at radius 3 is 2.08 bits per heavy atom. The number of hydrogen-bond donors (Lipinski definition) is 1. The number of carbonyl (C=O) groups excluding carboxylic acids is 2. The van der Waals surface area contributed by atoms with Gasteiger partial charge in [-0.2, -0.15) is 0 Å². The van der Waals surface area contributed by atoms with Crippen molar-refractivity contribution in [2.45, 2.75) is 96.5 Å². The Balaban J connectivity index is 4.59. The molecule has 0 radical (unpaired) electrons. The molecule has 1 unspecified atom stereocenters. The number of phosphoric ester groups is 1. The highest BCUT2D eigenvalue weighted by molar-refractivity contribution is 7.47. The topological polar surface area (TPSA) is 108 Å². The van der Waals surface area contributed by atoms with Crippen LogP contribution in [0.1, 0.15) is 90.4 Å². The summed E-state index contributed by atoms with van der Waals surface area (Å²) < 4.78 is 33.5. The van der Waals surface area contributed by atoms with Gasteiger partial charge in [0.2, 0.25) is 0 Å². The average molecular weight is 537 g/mol. The number of esters is 2. The summed E-state index contributed by atoms with van der Waals surface area (Å²) in [6, 6.07) is 0. The Bertz CT molecular complexity index is 650. The third-order valence-corrected chi connectivity index (χ3v) is 6.43. The van der Waals surface area contributed by atoms with E-state index in [4.69, 9.17) is 18.5 Å². The minimum atomic E-state index is -4.34. The Hall–Kier alpha value is -1.25. The summed E-state index contributed by atoms with van der Waals surface area (Å²) >= 11 is 0. The molecule has 0 amide bonds. The number of rotatable bonds is 24. The van der Waals surface area contributed by atoms with E-state index < -0.39 is 32.5 Å². The molecule has 0 rings (SSSR count). The van der Waals surface area contributed by atoms with Crippen molar-refractivity contribution in [1.29, 1.82) is 0 Å². The first-order valence-electron chi connectivity index (χ1n) is 13.4. The van der Waals surface area contributed by atoms with Crippen molar-refractivity contribution in [2.24, 2.45) is 0 Å². The van der Waals surface area contributed by atoms with Gasteiger partial charge in [-0.15, -0.1) is 6.58 Å². The molecule has 0 aliphatic carbocycles. The standard InChI is InChI=1S/C26H50NO8P/c1-6-8-10-12-13-15-16-18-25(28)32-22-24(35-26(29)19-17-14-11-9-7-2)23-34-36(30,31)33-21-20-27(3,4)5/h6,24H,1,7-23H2,2-5H3/p+1/t24-/m1/s1. The van der Waals surface area contributed by atoms with Gasteiger partial charge in [-0.3, -0.25) is 18.6 Å². The first-order chi connectivity index (χ1) is 17.0. The summed E-state index contributed by atoms with van der Waals surface area (Å²) in [6.07, 6.45) is 12.3. The quantitative estimate of drug-likeness (QED) is 0.0562. The predicted octanol–water partition coefficient (Wildman–Crippen LogP) is 5.56. The lowest BCUT2D eigenvalue weighted by molar-refractivity contribution is -0.870. The van der Waals surface area contributed by atoms with Gasteiger partial charge in [-0.25, -0.2) is 4.57 Å². The van der Waals surface area contributed by atoms with Gasteiger partial charge in [0.15, 0.2) is 6.10 Å². The molecule has 0 spiro atoms. The molecular weight excluding hydrogens is 485 g/mol. The lowest BCUT2D eigenvalue weighted by Gasteiger charge is -2.24. The fraction of sp³-hybridized carbons (Fsp3) is 0.846. The van der Waals surface area contributed by atoms with Crippen molar-refractivity contribution in [3.8, 4) is 0 Å². The number of nitrogens with zero attached hydrogens (tertiary/aromatic N) is 1. The number of carbonyl (C=O) groups is 2. The Morgan fingerprint density at radius 2 is 1.47 bits per heavy atom. The Morgan fingerprint density at radius 1 is 0.889 bits per heavy atom. The molecule has 0 fully saturated rings. The fourth-order valence-corrected chi connectivity index (χ4v) is 3.97. The molecule has 0 aliphatic rings. The van der Waals surface area contributed by atoms with Crippen molar-refractivity contribution in [2.75, 3.05) is 47.5 Å². The molecule has 0 aromatic carbocycles. The largest absolute Gasteiger partial charge is 0.472 e.